The molecule has 2 rings (SSSR count). The van der Waals surface area contributed by atoms with Gasteiger partial charge in [-0.3, -0.25) is 9.78 Å². The zero-order chi connectivity index (χ0) is 13.8. The van der Waals surface area contributed by atoms with Crippen LogP contribution in [0.4, 0.5) is 0 Å². The molecule has 19 heavy (non-hydrogen) atoms. The van der Waals surface area contributed by atoms with Crippen LogP contribution in [-0.4, -0.2) is 21.8 Å². The Morgan fingerprint density at radius 3 is 2.47 bits per heavy atom. The van der Waals surface area contributed by atoms with Gasteiger partial charge in [0.2, 0.25) is 5.78 Å². The third-order valence-corrected chi connectivity index (χ3v) is 2.82. The second-order valence-electron chi connectivity index (χ2n) is 3.96. The lowest BCUT2D eigenvalue weighted by Gasteiger charge is -2.03. The number of hydrogen-bond acceptors (Lipinski definition) is 3. The maximum Gasteiger partial charge on any atom is 0.372 e. The number of aromatic nitrogens is 1. The molecule has 4 nitrogen and oxygen atoms in total. The minimum atomic E-state index is -1.43. The summed E-state index contributed by atoms with van der Waals surface area (Å²) in [6, 6.07) is 10.4. The Morgan fingerprint density at radius 1 is 1.16 bits per heavy atom. The monoisotopic (exact) mass is 275 g/mol. The maximum absolute atomic E-state index is 11.2. The third-order valence-electron chi connectivity index (χ3n) is 2.57. The summed E-state index contributed by atoms with van der Waals surface area (Å²) in [5.41, 5.74) is 2.15. The van der Waals surface area contributed by atoms with E-state index < -0.39 is 11.8 Å². The fraction of sp³-hybridized carbons (Fsp3) is 0.0714. The van der Waals surface area contributed by atoms with E-state index >= 15 is 0 Å². The van der Waals surface area contributed by atoms with Crippen molar-refractivity contribution in [2.75, 3.05) is 0 Å². The molecule has 0 saturated heterocycles. The van der Waals surface area contributed by atoms with E-state index in [2.05, 4.69) is 4.98 Å². The maximum atomic E-state index is 11.2. The van der Waals surface area contributed by atoms with Crippen LogP contribution in [-0.2, 0) is 16.0 Å². The highest BCUT2D eigenvalue weighted by Gasteiger charge is 2.12. The summed E-state index contributed by atoms with van der Waals surface area (Å²) in [7, 11) is 0. The number of halogens is 1. The van der Waals surface area contributed by atoms with Gasteiger partial charge >= 0.3 is 5.97 Å². The van der Waals surface area contributed by atoms with E-state index in [1.807, 2.05) is 12.1 Å². The summed E-state index contributed by atoms with van der Waals surface area (Å²) in [6.07, 6.45) is 1.41. The van der Waals surface area contributed by atoms with E-state index in [1.54, 1.807) is 30.5 Å². The van der Waals surface area contributed by atoms with E-state index in [0.29, 0.717) is 16.3 Å². The highest BCUT2D eigenvalue weighted by Crippen LogP contribution is 2.20. The van der Waals surface area contributed by atoms with Crippen molar-refractivity contribution in [3.63, 3.8) is 0 Å². The first-order valence-corrected chi connectivity index (χ1v) is 5.91. The van der Waals surface area contributed by atoms with Gasteiger partial charge in [-0.15, -0.1) is 0 Å². The smallest absolute Gasteiger partial charge is 0.372 e. The van der Waals surface area contributed by atoms with Gasteiger partial charge in [0.05, 0.1) is 5.69 Å². The molecule has 0 saturated carbocycles. The summed E-state index contributed by atoms with van der Waals surface area (Å²) in [5, 5.41) is 9.21. The van der Waals surface area contributed by atoms with Crippen molar-refractivity contribution >= 4 is 23.4 Å². The number of Topliss-reactive ketones (excluding diaryl/α,β-unsaturated/α-hetero) is 1. The highest BCUT2D eigenvalue weighted by atomic mass is 35.5. The van der Waals surface area contributed by atoms with Crippen molar-refractivity contribution in [1.29, 1.82) is 0 Å². The Hall–Kier alpha value is -2.20. The van der Waals surface area contributed by atoms with E-state index in [-0.39, 0.29) is 6.42 Å². The molecular weight excluding hydrogens is 266 g/mol. The Kier molecular flexibility index (Phi) is 3.92. The van der Waals surface area contributed by atoms with Crippen LogP contribution >= 0.6 is 11.6 Å². The number of aliphatic carboxylic acids is 1. The zero-order valence-electron chi connectivity index (χ0n) is 9.84. The first kappa shape index (κ1) is 13.2. The number of hydrogen-bond donors (Lipinski definition) is 1. The molecule has 0 aliphatic carbocycles. The van der Waals surface area contributed by atoms with Crippen LogP contribution in [0.5, 0.6) is 0 Å². The summed E-state index contributed by atoms with van der Waals surface area (Å²) >= 11 is 5.80. The lowest BCUT2D eigenvalue weighted by atomic mass is 10.1. The van der Waals surface area contributed by atoms with Gasteiger partial charge in [0.25, 0.3) is 0 Å². The van der Waals surface area contributed by atoms with E-state index in [1.165, 1.54) is 0 Å². The number of carbonyl (C=O) groups is 2. The number of nitrogens with zero attached hydrogens (tertiary/aromatic N) is 1. The van der Waals surface area contributed by atoms with Crippen LogP contribution in [0.25, 0.3) is 11.3 Å². The number of ketones is 1. The molecule has 0 spiro atoms. The molecule has 0 atom stereocenters. The van der Waals surface area contributed by atoms with Gasteiger partial charge in [0.1, 0.15) is 0 Å². The van der Waals surface area contributed by atoms with Crippen LogP contribution in [0.15, 0.2) is 42.6 Å². The predicted octanol–water partition coefficient (Wildman–Crippen LogP) is 2.60. The van der Waals surface area contributed by atoms with Gasteiger partial charge in [0.15, 0.2) is 0 Å². The minimum absolute atomic E-state index is 0.140. The van der Waals surface area contributed by atoms with Crippen LogP contribution in [0.1, 0.15) is 5.56 Å². The predicted molar refractivity (Wildman–Crippen MR) is 71.0 cm³/mol. The topological polar surface area (TPSA) is 67.3 Å². The van der Waals surface area contributed by atoms with E-state index in [9.17, 15) is 9.59 Å². The van der Waals surface area contributed by atoms with Crippen LogP contribution < -0.4 is 0 Å². The lowest BCUT2D eigenvalue weighted by Crippen LogP contribution is -2.15. The van der Waals surface area contributed by atoms with Crippen molar-refractivity contribution in [2.24, 2.45) is 0 Å². The van der Waals surface area contributed by atoms with Gasteiger partial charge in [-0.05, 0) is 29.8 Å². The fourth-order valence-corrected chi connectivity index (χ4v) is 1.75. The second kappa shape index (κ2) is 5.63. The quantitative estimate of drug-likeness (QED) is 0.871. The molecule has 1 aromatic heterocycles. The Labute approximate surface area is 114 Å². The number of carbonyl (C=O) groups excluding carboxylic acids is 1. The number of benzene rings is 1. The van der Waals surface area contributed by atoms with Crippen molar-refractivity contribution in [3.05, 3.63) is 53.2 Å². The summed E-state index contributed by atoms with van der Waals surface area (Å²) in [4.78, 5) is 25.9. The standard InChI is InChI=1S/C14H10ClNO3/c15-11-3-1-10(2-4-11)12-7-9(5-6-16-12)8-13(17)14(18)19/h1-7H,8H2,(H,18,19). The SMILES string of the molecule is O=C(O)C(=O)Cc1ccnc(-c2ccc(Cl)cc2)c1. The molecule has 96 valence electrons. The molecule has 0 aliphatic heterocycles. The molecule has 1 aromatic carbocycles. The molecule has 5 heteroatoms. The second-order valence-corrected chi connectivity index (χ2v) is 4.40. The molecule has 0 amide bonds. The summed E-state index contributed by atoms with van der Waals surface area (Å²) in [5.74, 6) is -2.27. The van der Waals surface area contributed by atoms with E-state index in [0.717, 1.165) is 5.56 Å². The number of carboxylic acid groups (broad SMARTS) is 1. The molecule has 0 radical (unpaired) electrons. The normalized spacial score (nSPS) is 10.2. The highest BCUT2D eigenvalue weighted by molar-refractivity contribution is 6.33. The minimum Gasteiger partial charge on any atom is -0.475 e. The molecule has 1 heterocycles. The lowest BCUT2D eigenvalue weighted by molar-refractivity contribution is -0.148. The van der Waals surface area contributed by atoms with Crippen LogP contribution in [0.2, 0.25) is 5.02 Å². The van der Waals surface area contributed by atoms with Gasteiger partial charge in [0, 0.05) is 23.2 Å². The Bertz CT molecular complexity index is 623. The van der Waals surface area contributed by atoms with Crippen molar-refractivity contribution in [2.45, 2.75) is 6.42 Å². The zero-order valence-corrected chi connectivity index (χ0v) is 10.6. The van der Waals surface area contributed by atoms with Gasteiger partial charge in [-0.2, -0.15) is 0 Å². The summed E-state index contributed by atoms with van der Waals surface area (Å²) < 4.78 is 0. The van der Waals surface area contributed by atoms with Crippen molar-refractivity contribution in [1.82, 2.24) is 4.98 Å². The molecule has 0 bridgehead atoms. The largest absolute Gasteiger partial charge is 0.475 e. The van der Waals surface area contributed by atoms with Gasteiger partial charge in [-0.1, -0.05) is 23.7 Å². The first-order valence-electron chi connectivity index (χ1n) is 5.53. The summed E-state index contributed by atoms with van der Waals surface area (Å²) in [6.45, 7) is 0. The van der Waals surface area contributed by atoms with Crippen LogP contribution in [0.3, 0.4) is 0 Å². The fourth-order valence-electron chi connectivity index (χ4n) is 1.62. The van der Waals surface area contributed by atoms with E-state index in [4.69, 9.17) is 16.7 Å². The number of carboxylic acids is 1. The average Bonchev–Trinajstić information content (AvgIpc) is 2.39. The van der Waals surface area contributed by atoms with Crippen molar-refractivity contribution in [3.8, 4) is 11.3 Å². The van der Waals surface area contributed by atoms with Gasteiger partial charge in [-0.25, -0.2) is 4.79 Å². The molecule has 2 aromatic rings. The molecule has 0 unspecified atom stereocenters. The molecule has 1 N–H and O–H groups in total. The number of rotatable bonds is 4. The third kappa shape index (κ3) is 3.39. The number of pyridine rings is 1. The van der Waals surface area contributed by atoms with Gasteiger partial charge < -0.3 is 5.11 Å². The molecule has 0 aliphatic rings. The average molecular weight is 276 g/mol. The van der Waals surface area contributed by atoms with Crippen LogP contribution in [0, 0.1) is 0 Å². The molecule has 0 fully saturated rings. The Morgan fingerprint density at radius 2 is 1.84 bits per heavy atom. The van der Waals surface area contributed by atoms with Crippen molar-refractivity contribution < 1.29 is 14.7 Å². The first-order chi connectivity index (χ1) is 9.06. The Balaban J connectivity index is 2.26. The molecular formula is C14H10ClNO3.